The number of aliphatic carboxylic acids is 1. The van der Waals surface area contributed by atoms with Crippen molar-refractivity contribution < 1.29 is 19.4 Å². The predicted octanol–water partition coefficient (Wildman–Crippen LogP) is 2.72. The molecule has 26 heavy (non-hydrogen) atoms. The third-order valence-corrected chi connectivity index (χ3v) is 4.64. The fourth-order valence-corrected chi connectivity index (χ4v) is 3.26. The number of nitrogens with one attached hydrogen (secondary N) is 1. The zero-order chi connectivity index (χ0) is 18.4. The number of pyridine rings is 1. The van der Waals surface area contributed by atoms with Crippen molar-refractivity contribution in [3.8, 4) is 5.75 Å². The maximum absolute atomic E-state index is 12.3. The summed E-state index contributed by atoms with van der Waals surface area (Å²) >= 11 is 0. The van der Waals surface area contributed by atoms with Gasteiger partial charge >= 0.3 is 5.97 Å². The van der Waals surface area contributed by atoms with Crippen molar-refractivity contribution >= 4 is 11.9 Å². The molecule has 1 aromatic heterocycles. The minimum atomic E-state index is -1.11. The molecule has 2 N–H and O–H groups in total. The van der Waals surface area contributed by atoms with E-state index in [4.69, 9.17) is 4.74 Å². The van der Waals surface area contributed by atoms with Crippen LogP contribution in [-0.2, 0) is 22.6 Å². The van der Waals surface area contributed by atoms with Gasteiger partial charge in [0, 0.05) is 18.0 Å². The first-order valence-electron chi connectivity index (χ1n) is 8.72. The summed E-state index contributed by atoms with van der Waals surface area (Å²) < 4.78 is 5.74. The van der Waals surface area contributed by atoms with Gasteiger partial charge in [-0.05, 0) is 36.6 Å². The third kappa shape index (κ3) is 4.39. The zero-order valence-electron chi connectivity index (χ0n) is 14.5. The van der Waals surface area contributed by atoms with Crippen molar-refractivity contribution in [3.63, 3.8) is 0 Å². The second-order valence-corrected chi connectivity index (χ2v) is 6.62. The lowest BCUT2D eigenvalue weighted by atomic mass is 9.97. The van der Waals surface area contributed by atoms with Crippen LogP contribution < -0.4 is 10.1 Å². The van der Waals surface area contributed by atoms with E-state index in [0.717, 1.165) is 24.0 Å². The van der Waals surface area contributed by atoms with E-state index >= 15 is 0 Å². The molecule has 1 amide bonds. The predicted molar refractivity (Wildman–Crippen MR) is 95.7 cm³/mol. The highest BCUT2D eigenvalue weighted by molar-refractivity contribution is 5.88. The monoisotopic (exact) mass is 354 g/mol. The van der Waals surface area contributed by atoms with Crippen LogP contribution in [0.2, 0.25) is 0 Å². The van der Waals surface area contributed by atoms with Gasteiger partial charge in [-0.25, -0.2) is 4.79 Å². The lowest BCUT2D eigenvalue weighted by Gasteiger charge is -2.25. The largest absolute Gasteiger partial charge is 0.489 e. The molecular formula is C20H22N2O4. The Morgan fingerprint density at radius 3 is 2.62 bits per heavy atom. The van der Waals surface area contributed by atoms with E-state index in [2.05, 4.69) is 10.3 Å². The average Bonchev–Trinajstić information content (AvgIpc) is 3.11. The second-order valence-electron chi connectivity index (χ2n) is 6.62. The van der Waals surface area contributed by atoms with Crippen LogP contribution in [0.5, 0.6) is 5.75 Å². The number of rotatable bonds is 7. The molecule has 2 aromatic rings. The summed E-state index contributed by atoms with van der Waals surface area (Å²) in [4.78, 5) is 27.9. The van der Waals surface area contributed by atoms with Gasteiger partial charge in [-0.15, -0.1) is 0 Å². The number of carbonyl (C=O) groups excluding carboxylic acids is 1. The van der Waals surface area contributed by atoms with E-state index in [-0.39, 0.29) is 12.3 Å². The van der Waals surface area contributed by atoms with Crippen molar-refractivity contribution in [2.75, 3.05) is 0 Å². The normalized spacial score (nSPS) is 15.4. The number of benzene rings is 1. The zero-order valence-corrected chi connectivity index (χ0v) is 14.5. The molecule has 1 heterocycles. The second kappa shape index (κ2) is 7.99. The first-order chi connectivity index (χ1) is 12.6. The molecule has 6 nitrogen and oxygen atoms in total. The van der Waals surface area contributed by atoms with Crippen molar-refractivity contribution in [3.05, 3.63) is 59.9 Å². The Bertz CT molecular complexity index is 770. The van der Waals surface area contributed by atoms with Crippen LogP contribution in [0, 0.1) is 0 Å². The number of carboxylic acid groups (broad SMARTS) is 1. The third-order valence-electron chi connectivity index (χ3n) is 4.64. The molecule has 0 unspecified atom stereocenters. The minimum Gasteiger partial charge on any atom is -0.489 e. The first kappa shape index (κ1) is 17.9. The number of hydrogen-bond donors (Lipinski definition) is 2. The van der Waals surface area contributed by atoms with Gasteiger partial charge in [-0.2, -0.15) is 0 Å². The molecule has 3 rings (SSSR count). The lowest BCUT2D eigenvalue weighted by Crippen LogP contribution is -2.52. The van der Waals surface area contributed by atoms with Gasteiger partial charge in [0.25, 0.3) is 0 Å². The molecule has 0 aliphatic heterocycles. The van der Waals surface area contributed by atoms with E-state index < -0.39 is 11.5 Å². The minimum absolute atomic E-state index is 0.124. The number of aromatic nitrogens is 1. The fourth-order valence-electron chi connectivity index (χ4n) is 3.26. The summed E-state index contributed by atoms with van der Waals surface area (Å²) in [5.41, 5.74) is 0.635. The van der Waals surface area contributed by atoms with Gasteiger partial charge < -0.3 is 15.2 Å². The van der Waals surface area contributed by atoms with Crippen molar-refractivity contribution in [2.24, 2.45) is 0 Å². The van der Waals surface area contributed by atoms with Crippen molar-refractivity contribution in [1.82, 2.24) is 10.3 Å². The van der Waals surface area contributed by atoms with Crippen LogP contribution in [0.3, 0.4) is 0 Å². The molecule has 1 aliphatic carbocycles. The van der Waals surface area contributed by atoms with E-state index in [1.807, 2.05) is 30.3 Å². The molecule has 0 saturated heterocycles. The summed E-state index contributed by atoms with van der Waals surface area (Å²) in [5, 5.41) is 12.2. The molecule has 136 valence electrons. The molecule has 0 atom stereocenters. The molecule has 6 heteroatoms. The first-order valence-corrected chi connectivity index (χ1v) is 8.72. The summed E-state index contributed by atoms with van der Waals surface area (Å²) in [7, 11) is 0. The smallest absolute Gasteiger partial charge is 0.329 e. The molecular weight excluding hydrogens is 332 g/mol. The maximum Gasteiger partial charge on any atom is 0.329 e. The number of carbonyl (C=O) groups is 2. The van der Waals surface area contributed by atoms with Crippen LogP contribution in [0.15, 0.2) is 48.8 Å². The average molecular weight is 354 g/mol. The van der Waals surface area contributed by atoms with Gasteiger partial charge in [0.1, 0.15) is 17.9 Å². The van der Waals surface area contributed by atoms with Crippen LogP contribution in [-0.4, -0.2) is 27.5 Å². The lowest BCUT2D eigenvalue weighted by molar-refractivity contribution is -0.147. The van der Waals surface area contributed by atoms with Gasteiger partial charge in [0.05, 0.1) is 6.42 Å². The standard InChI is InChI=1S/C20H22N2O4/c23-18(22-20(19(24)25)8-1-2-9-20)12-15-5-3-7-17(11-15)26-14-16-6-4-10-21-13-16/h3-7,10-11,13H,1-2,8-9,12,14H2,(H,22,23)(H,24,25). The number of carboxylic acids is 1. The highest BCUT2D eigenvalue weighted by Gasteiger charge is 2.42. The van der Waals surface area contributed by atoms with Crippen LogP contribution in [0.4, 0.5) is 0 Å². The van der Waals surface area contributed by atoms with E-state index in [0.29, 0.717) is 25.2 Å². The molecule has 1 fully saturated rings. The quantitative estimate of drug-likeness (QED) is 0.798. The Balaban J connectivity index is 1.59. The highest BCUT2D eigenvalue weighted by Crippen LogP contribution is 2.30. The summed E-state index contributed by atoms with van der Waals surface area (Å²) in [6.07, 6.45) is 6.19. The van der Waals surface area contributed by atoms with Crippen molar-refractivity contribution in [1.29, 1.82) is 0 Å². The molecule has 0 bridgehead atoms. The molecule has 1 aliphatic rings. The summed E-state index contributed by atoms with van der Waals surface area (Å²) in [5.74, 6) is -0.566. The molecule has 1 aromatic carbocycles. The highest BCUT2D eigenvalue weighted by atomic mass is 16.5. The van der Waals surface area contributed by atoms with Crippen LogP contribution >= 0.6 is 0 Å². The van der Waals surface area contributed by atoms with E-state index in [1.54, 1.807) is 18.5 Å². The fraction of sp³-hybridized carbons (Fsp3) is 0.350. The molecule has 0 spiro atoms. The Kier molecular flexibility index (Phi) is 5.51. The summed E-state index contributed by atoms with van der Waals surface area (Å²) in [6.45, 7) is 0.394. The topological polar surface area (TPSA) is 88.5 Å². The number of nitrogens with zero attached hydrogens (tertiary/aromatic N) is 1. The van der Waals surface area contributed by atoms with E-state index in [1.165, 1.54) is 0 Å². The number of ether oxygens (including phenoxy) is 1. The number of amides is 1. The van der Waals surface area contributed by atoms with Gasteiger partial charge in [0.2, 0.25) is 5.91 Å². The Labute approximate surface area is 152 Å². The van der Waals surface area contributed by atoms with Gasteiger partial charge in [-0.1, -0.05) is 31.0 Å². The Morgan fingerprint density at radius 1 is 1.15 bits per heavy atom. The van der Waals surface area contributed by atoms with E-state index in [9.17, 15) is 14.7 Å². The molecule has 0 radical (unpaired) electrons. The van der Waals surface area contributed by atoms with Gasteiger partial charge in [-0.3, -0.25) is 9.78 Å². The van der Waals surface area contributed by atoms with Crippen LogP contribution in [0.1, 0.15) is 36.8 Å². The Hall–Kier alpha value is -2.89. The summed E-state index contributed by atoms with van der Waals surface area (Å²) in [6, 6.07) is 11.1. The van der Waals surface area contributed by atoms with Crippen molar-refractivity contribution in [2.45, 2.75) is 44.2 Å². The molecule has 1 saturated carbocycles. The number of hydrogen-bond acceptors (Lipinski definition) is 4. The SMILES string of the molecule is O=C(Cc1cccc(OCc2cccnc2)c1)NC1(C(=O)O)CCCC1. The maximum atomic E-state index is 12.3. The van der Waals surface area contributed by atoms with Crippen LogP contribution in [0.25, 0.3) is 0 Å². The van der Waals surface area contributed by atoms with Gasteiger partial charge in [0.15, 0.2) is 0 Å². The Morgan fingerprint density at radius 2 is 1.92 bits per heavy atom.